The Morgan fingerprint density at radius 3 is 3.08 bits per heavy atom. The number of nitrogens with zero attached hydrogens (tertiary/aromatic N) is 3. The third-order valence-corrected chi connectivity index (χ3v) is 6.19. The summed E-state index contributed by atoms with van der Waals surface area (Å²) in [4.78, 5) is 0. The summed E-state index contributed by atoms with van der Waals surface area (Å²) >= 11 is 1.62. The van der Waals surface area contributed by atoms with Crippen molar-refractivity contribution in [2.45, 2.75) is 5.03 Å². The van der Waals surface area contributed by atoms with Crippen LogP contribution in [0.3, 0.4) is 0 Å². The molecule has 2 heterocycles. The molecule has 0 atom stereocenters. The van der Waals surface area contributed by atoms with E-state index in [0.717, 1.165) is 5.03 Å². The standard InChI is InChI=1S/C5H3N3S4/c1-2-6-8-7-4(1)10-5-3-9-12-11-5/h1-3H. The number of aromatic nitrogens is 3. The maximum atomic E-state index is 3.87. The molecule has 0 unspecified atom stereocenters. The van der Waals surface area contributed by atoms with E-state index in [1.54, 1.807) is 49.4 Å². The highest BCUT2D eigenvalue weighted by Crippen LogP contribution is 2.53. The first-order valence-electron chi connectivity index (χ1n) is 2.97. The number of rotatable bonds is 2. The van der Waals surface area contributed by atoms with Crippen LogP contribution in [0.5, 0.6) is 0 Å². The van der Waals surface area contributed by atoms with Gasteiger partial charge in [0.2, 0.25) is 0 Å². The zero-order chi connectivity index (χ0) is 8.23. The Balaban J connectivity index is 2.04. The molecule has 3 nitrogen and oxygen atoms in total. The Labute approximate surface area is 85.4 Å². The van der Waals surface area contributed by atoms with Gasteiger partial charge in [-0.25, -0.2) is 0 Å². The molecule has 0 amide bonds. The van der Waals surface area contributed by atoms with Gasteiger partial charge in [-0.2, -0.15) is 0 Å². The molecule has 0 spiro atoms. The van der Waals surface area contributed by atoms with Crippen molar-refractivity contribution in [2.24, 2.45) is 0 Å². The van der Waals surface area contributed by atoms with Gasteiger partial charge in [0.25, 0.3) is 0 Å². The van der Waals surface area contributed by atoms with Crippen LogP contribution in [0.15, 0.2) is 26.9 Å². The summed E-state index contributed by atoms with van der Waals surface area (Å²) in [5, 5.41) is 14.0. The van der Waals surface area contributed by atoms with Gasteiger partial charge >= 0.3 is 0 Å². The second-order valence-electron chi connectivity index (χ2n) is 1.75. The molecule has 0 bridgehead atoms. The highest BCUT2D eigenvalue weighted by molar-refractivity contribution is 9.12. The average molecular weight is 233 g/mol. The van der Waals surface area contributed by atoms with Crippen LogP contribution in [0.25, 0.3) is 0 Å². The van der Waals surface area contributed by atoms with E-state index in [2.05, 4.69) is 20.8 Å². The Morgan fingerprint density at radius 1 is 1.42 bits per heavy atom. The summed E-state index contributed by atoms with van der Waals surface area (Å²) in [6.07, 6.45) is 1.65. The van der Waals surface area contributed by atoms with Crippen LogP contribution < -0.4 is 0 Å². The molecule has 1 aromatic rings. The van der Waals surface area contributed by atoms with Gasteiger partial charge in [0.15, 0.2) is 0 Å². The second-order valence-corrected chi connectivity index (χ2v) is 6.95. The Morgan fingerprint density at radius 2 is 2.42 bits per heavy atom. The molecule has 0 saturated heterocycles. The molecule has 0 fully saturated rings. The van der Waals surface area contributed by atoms with E-state index in [-0.39, 0.29) is 0 Å². The third-order valence-electron chi connectivity index (χ3n) is 0.984. The van der Waals surface area contributed by atoms with Crippen LogP contribution in [-0.4, -0.2) is 15.4 Å². The predicted molar refractivity (Wildman–Crippen MR) is 56.5 cm³/mol. The van der Waals surface area contributed by atoms with Crippen LogP contribution in [0.1, 0.15) is 0 Å². The van der Waals surface area contributed by atoms with Crippen LogP contribution >= 0.6 is 43.2 Å². The topological polar surface area (TPSA) is 38.7 Å². The lowest BCUT2D eigenvalue weighted by Gasteiger charge is -1.95. The van der Waals surface area contributed by atoms with Crippen molar-refractivity contribution in [2.75, 3.05) is 0 Å². The third kappa shape index (κ3) is 2.32. The van der Waals surface area contributed by atoms with Crippen LogP contribution in [0.2, 0.25) is 0 Å². The molecule has 0 aliphatic carbocycles. The first-order valence-corrected chi connectivity index (χ1v) is 7.34. The number of hydrogen-bond donors (Lipinski definition) is 0. The summed E-state index contributed by atoms with van der Waals surface area (Å²) in [5.74, 6) is 0. The molecule has 62 valence electrons. The minimum Gasteiger partial charge on any atom is -0.139 e. The first kappa shape index (κ1) is 8.74. The predicted octanol–water partition coefficient (Wildman–Crippen LogP) is 2.81. The molecular formula is C5H3N3S4. The quantitative estimate of drug-likeness (QED) is 0.727. The zero-order valence-electron chi connectivity index (χ0n) is 5.71. The smallest absolute Gasteiger partial charge is 0.127 e. The van der Waals surface area contributed by atoms with Crippen molar-refractivity contribution >= 4 is 43.2 Å². The maximum Gasteiger partial charge on any atom is 0.127 e. The molecule has 2 rings (SSSR count). The van der Waals surface area contributed by atoms with E-state index < -0.39 is 0 Å². The fourth-order valence-corrected chi connectivity index (χ4v) is 6.04. The summed E-state index contributed by atoms with van der Waals surface area (Å²) in [7, 11) is 5.24. The van der Waals surface area contributed by atoms with Gasteiger partial charge in [0.05, 0.1) is 10.4 Å². The van der Waals surface area contributed by atoms with E-state index in [9.17, 15) is 0 Å². The minimum atomic E-state index is 0.895. The minimum absolute atomic E-state index is 0.895. The number of hydrogen-bond acceptors (Lipinski definition) is 7. The van der Waals surface area contributed by atoms with Crippen molar-refractivity contribution < 1.29 is 0 Å². The van der Waals surface area contributed by atoms with Crippen LogP contribution in [0.4, 0.5) is 0 Å². The van der Waals surface area contributed by atoms with Gasteiger partial charge in [-0.05, 0) is 31.9 Å². The van der Waals surface area contributed by atoms with Crippen LogP contribution in [0, 0.1) is 0 Å². The zero-order valence-corrected chi connectivity index (χ0v) is 8.97. The molecule has 1 aliphatic rings. The van der Waals surface area contributed by atoms with Gasteiger partial charge in [0.1, 0.15) is 5.03 Å². The summed E-state index contributed by atoms with van der Waals surface area (Å²) in [6, 6.07) is 1.85. The maximum absolute atomic E-state index is 3.87. The van der Waals surface area contributed by atoms with Gasteiger partial charge in [-0.1, -0.05) is 22.6 Å². The first-order chi connectivity index (χ1) is 5.95. The Hall–Kier alpha value is 0.150. The molecule has 12 heavy (non-hydrogen) atoms. The normalized spacial score (nSPS) is 16.2. The number of thioether (sulfide) groups is 1. The van der Waals surface area contributed by atoms with Gasteiger partial charge in [-0.3, -0.25) is 0 Å². The van der Waals surface area contributed by atoms with Crippen molar-refractivity contribution in [1.82, 2.24) is 15.4 Å². The largest absolute Gasteiger partial charge is 0.139 e. The van der Waals surface area contributed by atoms with Gasteiger partial charge in [-0.15, -0.1) is 10.2 Å². The molecule has 0 radical (unpaired) electrons. The summed E-state index contributed by atoms with van der Waals surface area (Å²) < 4.78 is 1.26. The highest BCUT2D eigenvalue weighted by Gasteiger charge is 2.09. The fraction of sp³-hybridized carbons (Fsp3) is 0. The van der Waals surface area contributed by atoms with Crippen molar-refractivity contribution in [3.63, 3.8) is 0 Å². The SMILES string of the molecule is C1=C(Sc2ccnnn2)SSS1. The summed E-state index contributed by atoms with van der Waals surface area (Å²) in [5.41, 5.74) is 0. The fourth-order valence-electron chi connectivity index (χ4n) is 0.560. The van der Waals surface area contributed by atoms with Crippen molar-refractivity contribution in [1.29, 1.82) is 0 Å². The molecular weight excluding hydrogens is 230 g/mol. The highest BCUT2D eigenvalue weighted by atomic mass is 33.5. The van der Waals surface area contributed by atoms with Crippen LogP contribution in [-0.2, 0) is 0 Å². The van der Waals surface area contributed by atoms with E-state index >= 15 is 0 Å². The lowest BCUT2D eigenvalue weighted by atomic mass is 10.7. The van der Waals surface area contributed by atoms with Crippen molar-refractivity contribution in [3.8, 4) is 0 Å². The summed E-state index contributed by atoms with van der Waals surface area (Å²) in [6.45, 7) is 0. The molecule has 0 N–H and O–H groups in total. The molecule has 0 saturated carbocycles. The lowest BCUT2D eigenvalue weighted by Crippen LogP contribution is -1.85. The van der Waals surface area contributed by atoms with Gasteiger partial charge < -0.3 is 0 Å². The van der Waals surface area contributed by atoms with E-state index in [0.29, 0.717) is 0 Å². The average Bonchev–Trinajstić information content (AvgIpc) is 2.59. The van der Waals surface area contributed by atoms with E-state index in [4.69, 9.17) is 0 Å². The monoisotopic (exact) mass is 233 g/mol. The Bertz CT molecular complexity index is 288. The van der Waals surface area contributed by atoms with E-state index in [1.165, 1.54) is 4.24 Å². The lowest BCUT2D eigenvalue weighted by molar-refractivity contribution is 0.805. The Kier molecular flexibility index (Phi) is 3.21. The molecule has 1 aromatic heterocycles. The second kappa shape index (κ2) is 4.40. The van der Waals surface area contributed by atoms with Crippen molar-refractivity contribution in [3.05, 3.63) is 21.9 Å². The molecule has 7 heteroatoms. The van der Waals surface area contributed by atoms with Gasteiger partial charge in [0, 0.05) is 5.41 Å². The molecule has 0 aromatic carbocycles. The van der Waals surface area contributed by atoms with E-state index in [1.807, 2.05) is 6.07 Å². The molecule has 1 aliphatic heterocycles.